The number of allylic oxidation sites excluding steroid dienone is 2. The quantitative estimate of drug-likeness (QED) is 0.239. The maximum atomic E-state index is 4.37. The Balaban J connectivity index is 1.61. The molecule has 1 aromatic heterocycles. The zero-order valence-corrected chi connectivity index (χ0v) is 17.5. The van der Waals surface area contributed by atoms with E-state index in [0.29, 0.717) is 11.6 Å². The van der Waals surface area contributed by atoms with Crippen LogP contribution in [0.5, 0.6) is 0 Å². The third-order valence-corrected chi connectivity index (χ3v) is 4.21. The molecule has 0 amide bonds. The Bertz CT molecular complexity index is 1120. The number of benzene rings is 2. The molecule has 0 aliphatic carbocycles. The first-order valence-electron chi connectivity index (χ1n) is 9.95. The molecule has 4 nitrogen and oxygen atoms in total. The molecule has 1 heterocycles. The number of nitrogens with zero attached hydrogens (tertiary/aromatic N) is 4. The second-order valence-electron chi connectivity index (χ2n) is 6.52. The fourth-order valence-corrected chi connectivity index (χ4v) is 2.65. The number of pyridine rings is 1. The first-order valence-corrected chi connectivity index (χ1v) is 9.95. The van der Waals surface area contributed by atoms with Crippen molar-refractivity contribution in [2.75, 3.05) is 0 Å². The number of aromatic nitrogens is 1. The predicted molar refractivity (Wildman–Crippen MR) is 133 cm³/mol. The lowest BCUT2D eigenvalue weighted by atomic mass is 10.1. The Hall–Kier alpha value is -4.18. The van der Waals surface area contributed by atoms with E-state index in [2.05, 4.69) is 63.0 Å². The molecule has 0 aliphatic rings. The first-order chi connectivity index (χ1) is 15.3. The Morgan fingerprint density at radius 3 is 1.94 bits per heavy atom. The molecule has 0 fully saturated rings. The fraction of sp³-hybridized carbons (Fsp3) is 0.0370. The number of rotatable bonds is 8. The molecule has 0 atom stereocenters. The standard InChI is InChI=1S/C27H24N4/c1-3-7-26(28-4-2)30-20-24-15-11-22(12-16-24)9-10-23-13-17-25(18-14-23)21-31-27-8-5-6-19-29-27/h3-21H,1H2,2H3/b10-9+,26-7+,28-4-,30-20+,31-21+. The molecule has 0 saturated carbocycles. The van der Waals surface area contributed by atoms with E-state index in [4.69, 9.17) is 0 Å². The minimum absolute atomic E-state index is 0.620. The van der Waals surface area contributed by atoms with Crippen molar-refractivity contribution in [1.29, 1.82) is 0 Å². The van der Waals surface area contributed by atoms with Gasteiger partial charge in [0.2, 0.25) is 0 Å². The highest BCUT2D eigenvalue weighted by molar-refractivity contribution is 5.83. The maximum absolute atomic E-state index is 4.37. The van der Waals surface area contributed by atoms with E-state index >= 15 is 0 Å². The van der Waals surface area contributed by atoms with Crippen LogP contribution in [0.4, 0.5) is 5.82 Å². The summed E-state index contributed by atoms with van der Waals surface area (Å²) < 4.78 is 0. The Morgan fingerprint density at radius 2 is 1.39 bits per heavy atom. The Kier molecular flexibility index (Phi) is 8.15. The van der Waals surface area contributed by atoms with E-state index < -0.39 is 0 Å². The van der Waals surface area contributed by atoms with Crippen molar-refractivity contribution in [2.24, 2.45) is 15.0 Å². The van der Waals surface area contributed by atoms with Crippen molar-refractivity contribution in [3.05, 3.63) is 120 Å². The van der Waals surface area contributed by atoms with Crippen molar-refractivity contribution in [1.82, 2.24) is 4.98 Å². The smallest absolute Gasteiger partial charge is 0.151 e. The van der Waals surface area contributed by atoms with Crippen LogP contribution in [-0.4, -0.2) is 23.6 Å². The van der Waals surface area contributed by atoms with Gasteiger partial charge in [0.1, 0.15) is 0 Å². The van der Waals surface area contributed by atoms with Gasteiger partial charge in [-0.1, -0.05) is 79.4 Å². The second-order valence-corrected chi connectivity index (χ2v) is 6.52. The number of aliphatic imine (C=N–C) groups is 3. The highest BCUT2D eigenvalue weighted by atomic mass is 14.9. The topological polar surface area (TPSA) is 50.0 Å². The van der Waals surface area contributed by atoms with E-state index in [9.17, 15) is 0 Å². The lowest BCUT2D eigenvalue weighted by Crippen LogP contribution is -1.83. The van der Waals surface area contributed by atoms with Gasteiger partial charge >= 0.3 is 0 Å². The minimum atomic E-state index is 0.620. The van der Waals surface area contributed by atoms with Gasteiger partial charge in [-0.3, -0.25) is 0 Å². The SMILES string of the molecule is C=C/C=C(\N=C/C)/N=C/c1ccc(/C=C/c2ccc(/C=N/c3ccccn3)cc2)cc1. The molecule has 0 bridgehead atoms. The van der Waals surface area contributed by atoms with E-state index in [1.165, 1.54) is 0 Å². The van der Waals surface area contributed by atoms with Crippen LogP contribution in [0.1, 0.15) is 29.2 Å². The average Bonchev–Trinajstić information content (AvgIpc) is 2.82. The van der Waals surface area contributed by atoms with Crippen LogP contribution in [0.25, 0.3) is 12.2 Å². The van der Waals surface area contributed by atoms with Crippen LogP contribution in [0.15, 0.2) is 112 Å². The summed E-state index contributed by atoms with van der Waals surface area (Å²) >= 11 is 0. The maximum Gasteiger partial charge on any atom is 0.151 e. The third kappa shape index (κ3) is 7.29. The average molecular weight is 405 g/mol. The van der Waals surface area contributed by atoms with E-state index in [1.54, 1.807) is 30.8 Å². The molecule has 4 heteroatoms. The van der Waals surface area contributed by atoms with Gasteiger partial charge < -0.3 is 0 Å². The predicted octanol–water partition coefficient (Wildman–Crippen LogP) is 6.54. The summed E-state index contributed by atoms with van der Waals surface area (Å²) in [5.41, 5.74) is 4.28. The molecular formula is C27H24N4. The van der Waals surface area contributed by atoms with Crippen molar-refractivity contribution in [3.63, 3.8) is 0 Å². The van der Waals surface area contributed by atoms with Gasteiger partial charge in [0.05, 0.1) is 0 Å². The molecule has 0 unspecified atom stereocenters. The highest BCUT2D eigenvalue weighted by Gasteiger charge is 1.93. The third-order valence-electron chi connectivity index (χ3n) is 4.21. The largest absolute Gasteiger partial charge is 0.242 e. The molecule has 3 rings (SSSR count). The summed E-state index contributed by atoms with van der Waals surface area (Å²) in [6.07, 6.45) is 14.7. The van der Waals surface area contributed by atoms with E-state index in [0.717, 1.165) is 22.3 Å². The number of hydrogen-bond donors (Lipinski definition) is 0. The molecule has 0 spiro atoms. The molecule has 3 aromatic rings. The second kappa shape index (κ2) is 11.7. The molecule has 0 radical (unpaired) electrons. The fourth-order valence-electron chi connectivity index (χ4n) is 2.65. The lowest BCUT2D eigenvalue weighted by molar-refractivity contribution is 1.25. The van der Waals surface area contributed by atoms with E-state index in [-0.39, 0.29) is 0 Å². The van der Waals surface area contributed by atoms with Crippen LogP contribution < -0.4 is 0 Å². The summed E-state index contributed by atoms with van der Waals surface area (Å²) in [7, 11) is 0. The first kappa shape index (κ1) is 21.5. The summed E-state index contributed by atoms with van der Waals surface area (Å²) in [5, 5.41) is 0. The molecule has 0 N–H and O–H groups in total. The Morgan fingerprint density at radius 1 is 0.774 bits per heavy atom. The highest BCUT2D eigenvalue weighted by Crippen LogP contribution is 2.12. The molecule has 0 aliphatic heterocycles. The van der Waals surface area contributed by atoms with Gasteiger partial charge in [-0.25, -0.2) is 20.0 Å². The lowest BCUT2D eigenvalue weighted by Gasteiger charge is -1.98. The van der Waals surface area contributed by atoms with E-state index in [1.807, 2.05) is 55.6 Å². The molecule has 2 aromatic carbocycles. The van der Waals surface area contributed by atoms with Crippen LogP contribution in [0.2, 0.25) is 0 Å². The monoisotopic (exact) mass is 404 g/mol. The summed E-state index contributed by atoms with van der Waals surface area (Å²) in [6.45, 7) is 5.54. The van der Waals surface area contributed by atoms with Gasteiger partial charge in [0.15, 0.2) is 11.6 Å². The van der Waals surface area contributed by atoms with Crippen molar-refractivity contribution in [2.45, 2.75) is 6.92 Å². The molecular weight excluding hydrogens is 380 g/mol. The van der Waals surface area contributed by atoms with Crippen molar-refractivity contribution < 1.29 is 0 Å². The Labute approximate surface area is 183 Å². The van der Waals surface area contributed by atoms with Gasteiger partial charge in [0.25, 0.3) is 0 Å². The summed E-state index contributed by atoms with van der Waals surface area (Å²) in [6, 6.07) is 22.1. The van der Waals surface area contributed by atoms with Crippen molar-refractivity contribution >= 4 is 36.6 Å². The summed E-state index contributed by atoms with van der Waals surface area (Å²) in [5.74, 6) is 1.32. The minimum Gasteiger partial charge on any atom is -0.242 e. The zero-order valence-electron chi connectivity index (χ0n) is 17.5. The van der Waals surface area contributed by atoms with Crippen molar-refractivity contribution in [3.8, 4) is 0 Å². The van der Waals surface area contributed by atoms with Crippen LogP contribution in [0.3, 0.4) is 0 Å². The van der Waals surface area contributed by atoms with Gasteiger partial charge in [-0.2, -0.15) is 0 Å². The zero-order chi connectivity index (χ0) is 21.7. The van der Waals surface area contributed by atoms with Crippen LogP contribution in [0, 0.1) is 0 Å². The molecule has 0 saturated heterocycles. The van der Waals surface area contributed by atoms with Gasteiger partial charge in [-0.15, -0.1) is 0 Å². The molecule has 152 valence electrons. The van der Waals surface area contributed by atoms with Gasteiger partial charge in [0, 0.05) is 24.8 Å². The number of hydrogen-bond acceptors (Lipinski definition) is 4. The van der Waals surface area contributed by atoms with Crippen LogP contribution in [-0.2, 0) is 0 Å². The van der Waals surface area contributed by atoms with Crippen LogP contribution >= 0.6 is 0 Å². The molecule has 31 heavy (non-hydrogen) atoms. The van der Waals surface area contributed by atoms with Gasteiger partial charge in [-0.05, 0) is 47.4 Å². The normalized spacial score (nSPS) is 12.5. The summed E-state index contributed by atoms with van der Waals surface area (Å²) in [4.78, 5) is 17.1.